The summed E-state index contributed by atoms with van der Waals surface area (Å²) in [5, 5.41) is 12.0. The Morgan fingerprint density at radius 3 is 2.33 bits per heavy atom. The lowest BCUT2D eigenvalue weighted by atomic mass is 10.0. The summed E-state index contributed by atoms with van der Waals surface area (Å²) in [4.78, 5) is 15.1. The Bertz CT molecular complexity index is 926. The van der Waals surface area contributed by atoms with Gasteiger partial charge in [0.2, 0.25) is 17.8 Å². The van der Waals surface area contributed by atoms with Gasteiger partial charge in [-0.2, -0.15) is 13.8 Å². The van der Waals surface area contributed by atoms with Crippen LogP contribution in [0.5, 0.6) is 5.75 Å². The first-order chi connectivity index (χ1) is 13.0. The minimum atomic E-state index is -0.849. The number of phenols is 1. The van der Waals surface area contributed by atoms with Crippen molar-refractivity contribution in [2.75, 3.05) is 5.32 Å². The minimum Gasteiger partial charge on any atom is -0.508 e. The van der Waals surface area contributed by atoms with Gasteiger partial charge in [0.1, 0.15) is 5.75 Å². The van der Waals surface area contributed by atoms with Crippen LogP contribution in [0.3, 0.4) is 0 Å². The van der Waals surface area contributed by atoms with E-state index in [-0.39, 0.29) is 17.2 Å². The molecule has 0 bridgehead atoms. The smallest absolute Gasteiger partial charge is 0.224 e. The van der Waals surface area contributed by atoms with Gasteiger partial charge in [0, 0.05) is 17.7 Å². The molecule has 1 heterocycles. The molecule has 138 valence electrons. The normalized spacial score (nSPS) is 10.6. The van der Waals surface area contributed by atoms with Crippen molar-refractivity contribution in [3.63, 3.8) is 0 Å². The van der Waals surface area contributed by atoms with Crippen molar-refractivity contribution in [1.82, 2.24) is 4.98 Å². The van der Waals surface area contributed by atoms with Gasteiger partial charge < -0.3 is 10.4 Å². The van der Waals surface area contributed by atoms with Crippen molar-refractivity contribution in [3.05, 3.63) is 78.1 Å². The first-order valence-electron chi connectivity index (χ1n) is 8.51. The standard InChI is InChI=1S/C21H18F2N2O2/c22-19-13-12-18(21(23)25-19)15-6-4-14(5-7-15)2-1-3-20(27)24-16-8-10-17(26)11-9-16/h4-13,26H,1-3H2,(H,24,27). The Balaban J connectivity index is 1.51. The zero-order valence-electron chi connectivity index (χ0n) is 14.5. The molecule has 1 amide bonds. The minimum absolute atomic E-state index is 0.100. The number of carbonyl (C=O) groups is 1. The fourth-order valence-corrected chi connectivity index (χ4v) is 2.70. The van der Waals surface area contributed by atoms with E-state index in [1.54, 1.807) is 24.3 Å². The highest BCUT2D eigenvalue weighted by atomic mass is 19.1. The molecule has 0 aliphatic heterocycles. The maximum absolute atomic E-state index is 13.7. The van der Waals surface area contributed by atoms with E-state index in [1.165, 1.54) is 18.2 Å². The van der Waals surface area contributed by atoms with Crippen molar-refractivity contribution < 1.29 is 18.7 Å². The number of anilines is 1. The third kappa shape index (κ3) is 5.10. The predicted octanol–water partition coefficient (Wildman–Crippen LogP) is 4.69. The summed E-state index contributed by atoms with van der Waals surface area (Å²) >= 11 is 0. The summed E-state index contributed by atoms with van der Waals surface area (Å²) in [5.74, 6) is -1.64. The Kier molecular flexibility index (Phi) is 5.76. The van der Waals surface area contributed by atoms with E-state index >= 15 is 0 Å². The maximum atomic E-state index is 13.7. The number of halogens is 2. The van der Waals surface area contributed by atoms with Crippen molar-refractivity contribution in [1.29, 1.82) is 0 Å². The third-order valence-electron chi connectivity index (χ3n) is 4.10. The molecule has 0 saturated heterocycles. The van der Waals surface area contributed by atoms with Gasteiger partial charge in [0.25, 0.3) is 0 Å². The predicted molar refractivity (Wildman–Crippen MR) is 99.3 cm³/mol. The lowest BCUT2D eigenvalue weighted by molar-refractivity contribution is -0.116. The number of aromatic hydroxyl groups is 1. The van der Waals surface area contributed by atoms with E-state index in [4.69, 9.17) is 0 Å². The molecule has 0 fully saturated rings. The molecule has 0 unspecified atom stereocenters. The van der Waals surface area contributed by atoms with Crippen molar-refractivity contribution in [2.24, 2.45) is 0 Å². The van der Waals surface area contributed by atoms with E-state index in [0.29, 0.717) is 30.5 Å². The van der Waals surface area contributed by atoms with Gasteiger partial charge >= 0.3 is 0 Å². The maximum Gasteiger partial charge on any atom is 0.224 e. The number of phenolic OH excluding ortho intramolecular Hbond substituents is 1. The highest BCUT2D eigenvalue weighted by Crippen LogP contribution is 2.22. The third-order valence-corrected chi connectivity index (χ3v) is 4.10. The summed E-state index contributed by atoms with van der Waals surface area (Å²) in [7, 11) is 0. The highest BCUT2D eigenvalue weighted by molar-refractivity contribution is 5.90. The molecule has 4 nitrogen and oxygen atoms in total. The lowest BCUT2D eigenvalue weighted by Gasteiger charge is -2.07. The average molecular weight is 368 g/mol. The summed E-state index contributed by atoms with van der Waals surface area (Å²) in [5.41, 5.74) is 2.52. The van der Waals surface area contributed by atoms with Crippen LogP contribution < -0.4 is 5.32 Å². The highest BCUT2D eigenvalue weighted by Gasteiger charge is 2.08. The summed E-state index contributed by atoms with van der Waals surface area (Å²) < 4.78 is 26.6. The van der Waals surface area contributed by atoms with Crippen LogP contribution in [-0.2, 0) is 11.2 Å². The van der Waals surface area contributed by atoms with E-state index in [9.17, 15) is 18.7 Å². The molecular weight excluding hydrogens is 350 g/mol. The van der Waals surface area contributed by atoms with Gasteiger partial charge in [-0.1, -0.05) is 24.3 Å². The molecule has 0 aliphatic rings. The number of amides is 1. The molecule has 0 spiro atoms. The summed E-state index contributed by atoms with van der Waals surface area (Å²) in [6.45, 7) is 0. The molecule has 0 radical (unpaired) electrons. The van der Waals surface area contributed by atoms with E-state index in [0.717, 1.165) is 11.6 Å². The quantitative estimate of drug-likeness (QED) is 0.490. The molecule has 0 atom stereocenters. The Morgan fingerprint density at radius 1 is 0.963 bits per heavy atom. The Hall–Kier alpha value is -3.28. The number of nitrogens with one attached hydrogen (secondary N) is 1. The van der Waals surface area contributed by atoms with Crippen LogP contribution in [0.15, 0.2) is 60.7 Å². The van der Waals surface area contributed by atoms with Crippen molar-refractivity contribution in [3.8, 4) is 16.9 Å². The largest absolute Gasteiger partial charge is 0.508 e. The van der Waals surface area contributed by atoms with Crippen molar-refractivity contribution in [2.45, 2.75) is 19.3 Å². The van der Waals surface area contributed by atoms with Gasteiger partial charge in [-0.3, -0.25) is 4.79 Å². The molecule has 1 aromatic heterocycles. The van der Waals surface area contributed by atoms with Gasteiger partial charge in [-0.25, -0.2) is 0 Å². The van der Waals surface area contributed by atoms with Crippen LogP contribution in [0.1, 0.15) is 18.4 Å². The lowest BCUT2D eigenvalue weighted by Crippen LogP contribution is -2.11. The van der Waals surface area contributed by atoms with Crippen LogP contribution in [0.25, 0.3) is 11.1 Å². The molecule has 0 saturated carbocycles. The summed E-state index contributed by atoms with van der Waals surface area (Å²) in [6.07, 6.45) is 1.72. The first kappa shape index (κ1) is 18.5. The van der Waals surface area contributed by atoms with E-state index in [2.05, 4.69) is 10.3 Å². The number of carbonyl (C=O) groups excluding carboxylic acids is 1. The van der Waals surface area contributed by atoms with Gasteiger partial charge in [-0.15, -0.1) is 0 Å². The number of benzene rings is 2. The van der Waals surface area contributed by atoms with E-state index < -0.39 is 11.9 Å². The zero-order chi connectivity index (χ0) is 19.2. The molecule has 2 aromatic carbocycles. The number of rotatable bonds is 6. The van der Waals surface area contributed by atoms with E-state index in [1.807, 2.05) is 12.1 Å². The number of hydrogen-bond acceptors (Lipinski definition) is 3. The van der Waals surface area contributed by atoms with Crippen LogP contribution in [-0.4, -0.2) is 16.0 Å². The number of nitrogens with zero attached hydrogens (tertiary/aromatic N) is 1. The number of hydrogen-bond donors (Lipinski definition) is 2. The van der Waals surface area contributed by atoms with Gasteiger partial charge in [0.15, 0.2) is 0 Å². The van der Waals surface area contributed by atoms with Crippen LogP contribution >= 0.6 is 0 Å². The van der Waals surface area contributed by atoms with Crippen molar-refractivity contribution >= 4 is 11.6 Å². The fourth-order valence-electron chi connectivity index (χ4n) is 2.70. The van der Waals surface area contributed by atoms with Crippen LogP contribution in [0.4, 0.5) is 14.5 Å². The number of aromatic nitrogens is 1. The number of pyridine rings is 1. The fraction of sp³-hybridized carbons (Fsp3) is 0.143. The second-order valence-corrected chi connectivity index (χ2v) is 6.12. The molecule has 0 aliphatic carbocycles. The van der Waals surface area contributed by atoms with Crippen LogP contribution in [0, 0.1) is 11.9 Å². The average Bonchev–Trinajstić information content (AvgIpc) is 2.64. The SMILES string of the molecule is O=C(CCCc1ccc(-c2ccc(F)nc2F)cc1)Nc1ccc(O)cc1. The van der Waals surface area contributed by atoms with Crippen LogP contribution in [0.2, 0.25) is 0 Å². The molecule has 2 N–H and O–H groups in total. The molecular formula is C21H18F2N2O2. The first-order valence-corrected chi connectivity index (χ1v) is 8.51. The zero-order valence-corrected chi connectivity index (χ0v) is 14.5. The second kappa shape index (κ2) is 8.40. The molecule has 6 heteroatoms. The molecule has 27 heavy (non-hydrogen) atoms. The number of aryl methyl sites for hydroxylation is 1. The van der Waals surface area contributed by atoms with Gasteiger partial charge in [-0.05, 0) is 60.4 Å². The Morgan fingerprint density at radius 2 is 1.67 bits per heavy atom. The van der Waals surface area contributed by atoms with Gasteiger partial charge in [0.05, 0.1) is 0 Å². The second-order valence-electron chi connectivity index (χ2n) is 6.12. The molecule has 3 rings (SSSR count). The summed E-state index contributed by atoms with van der Waals surface area (Å²) in [6, 6.07) is 16.0. The molecule has 3 aromatic rings. The monoisotopic (exact) mass is 368 g/mol. The topological polar surface area (TPSA) is 62.2 Å². The Labute approximate surface area is 155 Å².